The van der Waals surface area contributed by atoms with E-state index < -0.39 is 17.4 Å². The van der Waals surface area contributed by atoms with Crippen LogP contribution in [0.2, 0.25) is 0 Å². The molecule has 1 heterocycles. The number of ether oxygens (including phenoxy) is 1. The van der Waals surface area contributed by atoms with Gasteiger partial charge in [0.1, 0.15) is 12.3 Å². The van der Waals surface area contributed by atoms with Crippen LogP contribution in [-0.2, 0) is 16.6 Å². The number of carbonyl (C=O) groups excluding carboxylic acids is 1. The Balaban J connectivity index is 0.000000382. The molecule has 0 bridgehead atoms. The quantitative estimate of drug-likeness (QED) is 0.763. The molecule has 120 valence electrons. The number of rotatable bonds is 6. The third-order valence-corrected chi connectivity index (χ3v) is 2.63. The third kappa shape index (κ3) is 7.45. The minimum Gasteiger partial charge on any atom is -0.480 e. The number of nitrogens with zero attached hydrogens (tertiary/aromatic N) is 2. The average molecular weight is 299 g/mol. The number of carbonyl (C=O) groups is 2. The molecule has 1 aromatic heterocycles. The average Bonchev–Trinajstić information content (AvgIpc) is 2.68. The van der Waals surface area contributed by atoms with E-state index >= 15 is 0 Å². The number of aryl methyl sites for hydroxylation is 2. The van der Waals surface area contributed by atoms with Gasteiger partial charge in [0.2, 0.25) is 5.88 Å². The monoisotopic (exact) mass is 299 g/mol. The second-order valence-electron chi connectivity index (χ2n) is 5.44. The molecule has 1 rings (SSSR count). The van der Waals surface area contributed by atoms with Crippen molar-refractivity contribution in [3.63, 3.8) is 0 Å². The second kappa shape index (κ2) is 8.41. The molecule has 0 saturated carbocycles. The molecular formula is C14H25N3O4. The minimum atomic E-state index is -1.07. The highest BCUT2D eigenvalue weighted by atomic mass is 16.5. The molecule has 1 unspecified atom stereocenters. The largest absolute Gasteiger partial charge is 0.480 e. The van der Waals surface area contributed by atoms with Gasteiger partial charge in [-0.25, -0.2) is 4.68 Å². The summed E-state index contributed by atoms with van der Waals surface area (Å²) in [5.41, 5.74) is 5.57. The van der Waals surface area contributed by atoms with Crippen molar-refractivity contribution in [3.8, 4) is 5.88 Å². The molecule has 1 aromatic rings. The van der Waals surface area contributed by atoms with Gasteiger partial charge in [0.05, 0.1) is 12.3 Å². The first-order valence-electron chi connectivity index (χ1n) is 6.71. The smallest absolute Gasteiger partial charge is 0.320 e. The number of aldehydes is 1. The van der Waals surface area contributed by atoms with Crippen molar-refractivity contribution in [2.45, 2.75) is 40.2 Å². The molecule has 0 aromatic carbocycles. The number of hydrogen-bond acceptors (Lipinski definition) is 5. The summed E-state index contributed by atoms with van der Waals surface area (Å²) >= 11 is 0. The molecule has 0 saturated heterocycles. The van der Waals surface area contributed by atoms with E-state index in [1.807, 2.05) is 27.0 Å². The third-order valence-electron chi connectivity index (χ3n) is 2.63. The van der Waals surface area contributed by atoms with Crippen LogP contribution in [0.25, 0.3) is 0 Å². The SMILES string of the molecule is CC(C)(C=O)CC(N)C(=O)O.CCOc1cc(C)nn1C. The summed E-state index contributed by atoms with van der Waals surface area (Å²) in [7, 11) is 1.87. The second-order valence-corrected chi connectivity index (χ2v) is 5.44. The lowest BCUT2D eigenvalue weighted by Crippen LogP contribution is -2.35. The Kier molecular flexibility index (Phi) is 7.65. The molecule has 0 amide bonds. The molecule has 3 N–H and O–H groups in total. The van der Waals surface area contributed by atoms with Gasteiger partial charge in [-0.1, -0.05) is 13.8 Å². The Morgan fingerprint density at radius 2 is 2.19 bits per heavy atom. The Bertz CT molecular complexity index is 469. The summed E-state index contributed by atoms with van der Waals surface area (Å²) in [5, 5.41) is 12.5. The molecule has 7 nitrogen and oxygen atoms in total. The maximum Gasteiger partial charge on any atom is 0.320 e. The molecule has 1 atom stereocenters. The van der Waals surface area contributed by atoms with Crippen molar-refractivity contribution in [3.05, 3.63) is 11.8 Å². The van der Waals surface area contributed by atoms with Crippen molar-refractivity contribution in [2.24, 2.45) is 18.2 Å². The van der Waals surface area contributed by atoms with Gasteiger partial charge >= 0.3 is 5.97 Å². The van der Waals surface area contributed by atoms with E-state index in [0.29, 0.717) is 6.61 Å². The number of nitrogens with two attached hydrogens (primary N) is 1. The van der Waals surface area contributed by atoms with Gasteiger partial charge in [-0.3, -0.25) is 4.79 Å². The molecule has 0 fully saturated rings. The van der Waals surface area contributed by atoms with Crippen molar-refractivity contribution < 1.29 is 19.4 Å². The van der Waals surface area contributed by atoms with E-state index in [4.69, 9.17) is 15.6 Å². The van der Waals surface area contributed by atoms with Crippen molar-refractivity contribution >= 4 is 12.3 Å². The maximum atomic E-state index is 10.3. The first kappa shape index (κ1) is 19.1. The van der Waals surface area contributed by atoms with Crippen LogP contribution in [0.15, 0.2) is 6.07 Å². The maximum absolute atomic E-state index is 10.3. The predicted molar refractivity (Wildman–Crippen MR) is 79.2 cm³/mol. The summed E-state index contributed by atoms with van der Waals surface area (Å²) in [5.74, 6) is -0.236. The van der Waals surface area contributed by atoms with Crippen LogP contribution in [0.3, 0.4) is 0 Å². The van der Waals surface area contributed by atoms with Crippen LogP contribution in [-0.4, -0.2) is 39.8 Å². The van der Waals surface area contributed by atoms with E-state index in [1.165, 1.54) is 0 Å². The fourth-order valence-corrected chi connectivity index (χ4v) is 1.57. The Hall–Kier alpha value is -1.89. The predicted octanol–water partition coefficient (Wildman–Crippen LogP) is 1.14. The number of aliphatic carboxylic acids is 1. The van der Waals surface area contributed by atoms with Gasteiger partial charge in [0, 0.05) is 18.5 Å². The summed E-state index contributed by atoms with van der Waals surface area (Å²) in [6.07, 6.45) is 0.891. The zero-order valence-corrected chi connectivity index (χ0v) is 13.3. The highest BCUT2D eigenvalue weighted by Crippen LogP contribution is 2.17. The molecule has 0 aliphatic heterocycles. The number of aromatic nitrogens is 2. The molecule has 7 heteroatoms. The van der Waals surface area contributed by atoms with Crippen molar-refractivity contribution in [2.75, 3.05) is 6.61 Å². The van der Waals surface area contributed by atoms with Crippen LogP contribution in [0.4, 0.5) is 0 Å². The molecule has 0 aliphatic rings. The Morgan fingerprint density at radius 1 is 1.62 bits per heavy atom. The van der Waals surface area contributed by atoms with Gasteiger partial charge in [-0.2, -0.15) is 5.10 Å². The molecule has 21 heavy (non-hydrogen) atoms. The van der Waals surface area contributed by atoms with Crippen LogP contribution in [0, 0.1) is 12.3 Å². The Labute approximate surface area is 125 Å². The topological polar surface area (TPSA) is 107 Å². The van der Waals surface area contributed by atoms with Gasteiger partial charge < -0.3 is 20.4 Å². The van der Waals surface area contributed by atoms with Gasteiger partial charge in [0.25, 0.3) is 0 Å². The molecule has 0 aliphatic carbocycles. The zero-order valence-electron chi connectivity index (χ0n) is 13.3. The molecular weight excluding hydrogens is 274 g/mol. The van der Waals surface area contributed by atoms with Crippen LogP contribution >= 0.6 is 0 Å². The fourth-order valence-electron chi connectivity index (χ4n) is 1.57. The summed E-state index contributed by atoms with van der Waals surface area (Å²) in [4.78, 5) is 20.6. The lowest BCUT2D eigenvalue weighted by atomic mass is 9.88. The van der Waals surface area contributed by atoms with Gasteiger partial charge in [-0.15, -0.1) is 0 Å². The van der Waals surface area contributed by atoms with E-state index in [1.54, 1.807) is 18.5 Å². The minimum absolute atomic E-state index is 0.172. The first-order valence-corrected chi connectivity index (χ1v) is 6.71. The van der Waals surface area contributed by atoms with E-state index in [9.17, 15) is 9.59 Å². The molecule has 0 spiro atoms. The van der Waals surface area contributed by atoms with E-state index in [-0.39, 0.29) is 6.42 Å². The summed E-state index contributed by atoms with van der Waals surface area (Å²) < 4.78 is 6.99. The number of carboxylic acids is 1. The van der Waals surface area contributed by atoms with Crippen LogP contribution in [0.5, 0.6) is 5.88 Å². The van der Waals surface area contributed by atoms with Gasteiger partial charge in [-0.05, 0) is 20.3 Å². The van der Waals surface area contributed by atoms with Crippen LogP contribution < -0.4 is 10.5 Å². The van der Waals surface area contributed by atoms with E-state index in [0.717, 1.165) is 17.9 Å². The van der Waals surface area contributed by atoms with Crippen LogP contribution in [0.1, 0.15) is 32.9 Å². The summed E-state index contributed by atoms with van der Waals surface area (Å²) in [6.45, 7) is 7.91. The number of carboxylic acid groups (broad SMARTS) is 1. The lowest BCUT2D eigenvalue weighted by Gasteiger charge is -2.18. The zero-order chi connectivity index (χ0) is 16.6. The highest BCUT2D eigenvalue weighted by Gasteiger charge is 2.24. The summed E-state index contributed by atoms with van der Waals surface area (Å²) in [6, 6.07) is 0.971. The first-order chi connectivity index (χ1) is 9.62. The highest BCUT2D eigenvalue weighted by molar-refractivity contribution is 5.74. The standard InChI is InChI=1S/C7H12N2O.C7H13NO3/c1-4-10-7-5-6(2)8-9(7)3;1-7(2,4-9)3-5(8)6(10)11/h5H,4H2,1-3H3;4-5H,3,8H2,1-2H3,(H,10,11). The van der Waals surface area contributed by atoms with Crippen molar-refractivity contribution in [1.82, 2.24) is 9.78 Å². The molecule has 0 radical (unpaired) electrons. The van der Waals surface area contributed by atoms with E-state index in [2.05, 4.69) is 5.10 Å². The normalized spacial score (nSPS) is 12.1. The lowest BCUT2D eigenvalue weighted by molar-refractivity contribution is -0.139. The van der Waals surface area contributed by atoms with Crippen molar-refractivity contribution in [1.29, 1.82) is 0 Å². The fraction of sp³-hybridized carbons (Fsp3) is 0.643. The Morgan fingerprint density at radius 3 is 2.52 bits per heavy atom. The number of hydrogen-bond donors (Lipinski definition) is 2. The van der Waals surface area contributed by atoms with Gasteiger partial charge in [0.15, 0.2) is 0 Å².